The van der Waals surface area contributed by atoms with Gasteiger partial charge in [-0.1, -0.05) is 23.9 Å². The molecule has 0 atom stereocenters. The third-order valence-corrected chi connectivity index (χ3v) is 5.88. The molecule has 0 saturated heterocycles. The molecule has 3 aromatic rings. The molecule has 0 unspecified atom stereocenters. The minimum Gasteiger partial charge on any atom is -0.383 e. The Hall–Kier alpha value is -2.58. The lowest BCUT2D eigenvalue weighted by Crippen LogP contribution is -2.16. The number of ether oxygens (including phenoxy) is 1. The van der Waals surface area contributed by atoms with Gasteiger partial charge in [0.1, 0.15) is 5.82 Å². The predicted octanol–water partition coefficient (Wildman–Crippen LogP) is 3.20. The molecule has 0 fully saturated rings. The molecule has 1 N–H and O–H groups in total. The summed E-state index contributed by atoms with van der Waals surface area (Å²) < 4.78 is 9.35. The number of hydrogen-bond donors (Lipinski definition) is 1. The monoisotopic (exact) mass is 413 g/mol. The van der Waals surface area contributed by atoms with E-state index in [2.05, 4.69) is 26.1 Å². The second kappa shape index (κ2) is 9.76. The number of aromatic nitrogens is 4. The van der Waals surface area contributed by atoms with Gasteiger partial charge < -0.3 is 19.2 Å². The number of nitrogens with one attached hydrogen (secondary N) is 1. The molecule has 0 radical (unpaired) electrons. The Morgan fingerprint density at radius 1 is 1.21 bits per heavy atom. The smallest absolute Gasteiger partial charge is 0.234 e. The third-order valence-electron chi connectivity index (χ3n) is 4.91. The largest absolute Gasteiger partial charge is 0.383 e. The zero-order valence-electron chi connectivity index (χ0n) is 17.3. The van der Waals surface area contributed by atoms with Gasteiger partial charge in [0.25, 0.3) is 0 Å². The third kappa shape index (κ3) is 5.27. The number of aryl methyl sites for hydroxylation is 2. The topological polar surface area (TPSA) is 74.0 Å². The van der Waals surface area contributed by atoms with E-state index in [-0.39, 0.29) is 11.7 Å². The molecule has 8 heteroatoms. The number of amides is 1. The molecule has 0 bridgehead atoms. The molecule has 2 heterocycles. The van der Waals surface area contributed by atoms with Gasteiger partial charge in [-0.15, -0.1) is 10.2 Å². The molecule has 0 aliphatic heterocycles. The molecule has 7 nitrogen and oxygen atoms in total. The first-order chi connectivity index (χ1) is 14.0. The van der Waals surface area contributed by atoms with Crippen molar-refractivity contribution in [1.29, 1.82) is 0 Å². The summed E-state index contributed by atoms with van der Waals surface area (Å²) in [6.45, 7) is 5.24. The minimum absolute atomic E-state index is 0.0611. The van der Waals surface area contributed by atoms with Crippen LogP contribution in [0, 0.1) is 13.8 Å². The van der Waals surface area contributed by atoms with Gasteiger partial charge in [0.2, 0.25) is 5.91 Å². The fourth-order valence-electron chi connectivity index (χ4n) is 3.01. The van der Waals surface area contributed by atoms with E-state index in [9.17, 15) is 4.79 Å². The van der Waals surface area contributed by atoms with Crippen molar-refractivity contribution < 1.29 is 9.53 Å². The number of nitrogens with zero attached hydrogens (tertiary/aromatic N) is 4. The van der Waals surface area contributed by atoms with Crippen molar-refractivity contribution in [2.45, 2.75) is 32.0 Å². The SMILES string of the molecule is COCCn1c(Cc2cccn2C)nnc1SCC(=O)Nc1cccc(C)c1C. The second-order valence-corrected chi connectivity index (χ2v) is 7.86. The van der Waals surface area contributed by atoms with Gasteiger partial charge >= 0.3 is 0 Å². The van der Waals surface area contributed by atoms with Crippen LogP contribution in [-0.2, 0) is 29.5 Å². The molecule has 1 amide bonds. The molecule has 29 heavy (non-hydrogen) atoms. The zero-order chi connectivity index (χ0) is 20.8. The number of carbonyl (C=O) groups is 1. The molecular formula is C21H27N5O2S. The van der Waals surface area contributed by atoms with Crippen molar-refractivity contribution in [3.05, 3.63) is 59.2 Å². The lowest BCUT2D eigenvalue weighted by molar-refractivity contribution is -0.113. The van der Waals surface area contributed by atoms with Crippen LogP contribution in [0.3, 0.4) is 0 Å². The normalized spacial score (nSPS) is 11.0. The van der Waals surface area contributed by atoms with Gasteiger partial charge in [0.15, 0.2) is 5.16 Å². The Bertz CT molecular complexity index is 979. The van der Waals surface area contributed by atoms with Crippen molar-refractivity contribution in [3.8, 4) is 0 Å². The fraction of sp³-hybridized carbons (Fsp3) is 0.381. The van der Waals surface area contributed by atoms with Crippen LogP contribution in [0.4, 0.5) is 5.69 Å². The fourth-order valence-corrected chi connectivity index (χ4v) is 3.79. The van der Waals surface area contributed by atoms with E-state index in [0.717, 1.165) is 33.5 Å². The maximum atomic E-state index is 12.5. The Morgan fingerprint density at radius 2 is 2.03 bits per heavy atom. The van der Waals surface area contributed by atoms with Crippen LogP contribution in [0.1, 0.15) is 22.6 Å². The molecule has 3 rings (SSSR count). The summed E-state index contributed by atoms with van der Waals surface area (Å²) in [5, 5.41) is 12.4. The number of carbonyl (C=O) groups excluding carboxylic acids is 1. The van der Waals surface area contributed by atoms with Gasteiger partial charge in [-0.25, -0.2) is 0 Å². The minimum atomic E-state index is -0.0611. The summed E-state index contributed by atoms with van der Waals surface area (Å²) in [6, 6.07) is 9.98. The molecule has 0 aliphatic rings. The number of anilines is 1. The number of thioether (sulfide) groups is 1. The first-order valence-electron chi connectivity index (χ1n) is 9.49. The second-order valence-electron chi connectivity index (χ2n) is 6.91. The summed E-state index contributed by atoms with van der Waals surface area (Å²) in [6.07, 6.45) is 2.69. The number of hydrogen-bond acceptors (Lipinski definition) is 5. The van der Waals surface area contributed by atoms with Crippen LogP contribution in [-0.4, -0.2) is 44.7 Å². The number of rotatable bonds is 9. The maximum absolute atomic E-state index is 12.5. The van der Waals surface area contributed by atoms with Gasteiger partial charge in [-0.2, -0.15) is 0 Å². The molecule has 0 spiro atoms. The van der Waals surface area contributed by atoms with Gasteiger partial charge in [-0.05, 0) is 43.2 Å². The highest BCUT2D eigenvalue weighted by Crippen LogP contribution is 2.21. The van der Waals surface area contributed by atoms with Gasteiger partial charge in [-0.3, -0.25) is 4.79 Å². The van der Waals surface area contributed by atoms with Crippen LogP contribution in [0.5, 0.6) is 0 Å². The van der Waals surface area contributed by atoms with Crippen molar-refractivity contribution in [2.75, 3.05) is 24.8 Å². The van der Waals surface area contributed by atoms with Gasteiger partial charge in [0, 0.05) is 44.7 Å². The first-order valence-corrected chi connectivity index (χ1v) is 10.5. The molecule has 154 valence electrons. The quantitative estimate of drug-likeness (QED) is 0.545. The van der Waals surface area contributed by atoms with E-state index >= 15 is 0 Å². The summed E-state index contributed by atoms with van der Waals surface area (Å²) in [5.74, 6) is 1.07. The Balaban J connectivity index is 1.68. The molecule has 2 aromatic heterocycles. The van der Waals surface area contributed by atoms with Crippen LogP contribution < -0.4 is 5.32 Å². The van der Waals surface area contributed by atoms with Crippen molar-refractivity contribution in [3.63, 3.8) is 0 Å². The number of benzene rings is 1. The van der Waals surface area contributed by atoms with E-state index in [1.807, 2.05) is 55.9 Å². The van der Waals surface area contributed by atoms with Crippen LogP contribution in [0.15, 0.2) is 41.7 Å². The summed E-state index contributed by atoms with van der Waals surface area (Å²) >= 11 is 1.39. The van der Waals surface area contributed by atoms with Crippen molar-refractivity contribution in [2.24, 2.45) is 7.05 Å². The summed E-state index contributed by atoms with van der Waals surface area (Å²) in [4.78, 5) is 12.5. The van der Waals surface area contributed by atoms with E-state index in [1.165, 1.54) is 11.8 Å². The Kier molecular flexibility index (Phi) is 7.11. The zero-order valence-corrected chi connectivity index (χ0v) is 18.1. The highest BCUT2D eigenvalue weighted by atomic mass is 32.2. The maximum Gasteiger partial charge on any atom is 0.234 e. The van der Waals surface area contributed by atoms with Crippen LogP contribution in [0.2, 0.25) is 0 Å². The molecule has 0 saturated carbocycles. The standard InChI is InChI=1S/C21H27N5O2S/c1-15-7-5-9-18(16(15)2)22-20(27)14-29-21-24-23-19(26(21)11-12-28-4)13-17-8-6-10-25(17)3/h5-10H,11-14H2,1-4H3,(H,22,27). The van der Waals surface area contributed by atoms with Crippen LogP contribution in [0.25, 0.3) is 0 Å². The predicted molar refractivity (Wildman–Crippen MR) is 115 cm³/mol. The first kappa shape index (κ1) is 21.1. The highest BCUT2D eigenvalue weighted by molar-refractivity contribution is 7.99. The lowest BCUT2D eigenvalue weighted by Gasteiger charge is -2.11. The summed E-state index contributed by atoms with van der Waals surface area (Å²) in [5.41, 5.74) is 4.24. The lowest BCUT2D eigenvalue weighted by atomic mass is 10.1. The van der Waals surface area contributed by atoms with Crippen LogP contribution >= 0.6 is 11.8 Å². The average molecular weight is 414 g/mol. The molecule has 1 aromatic carbocycles. The van der Waals surface area contributed by atoms with E-state index in [0.29, 0.717) is 19.6 Å². The molecular weight excluding hydrogens is 386 g/mol. The van der Waals surface area contributed by atoms with Crippen molar-refractivity contribution >= 4 is 23.4 Å². The van der Waals surface area contributed by atoms with E-state index < -0.39 is 0 Å². The average Bonchev–Trinajstić information content (AvgIpc) is 3.28. The van der Waals surface area contributed by atoms with E-state index in [1.54, 1.807) is 7.11 Å². The Morgan fingerprint density at radius 3 is 2.76 bits per heavy atom. The number of methoxy groups -OCH3 is 1. The molecule has 0 aliphatic carbocycles. The van der Waals surface area contributed by atoms with E-state index in [4.69, 9.17) is 4.74 Å². The highest BCUT2D eigenvalue weighted by Gasteiger charge is 2.16. The summed E-state index contributed by atoms with van der Waals surface area (Å²) in [7, 11) is 3.68. The van der Waals surface area contributed by atoms with Crippen molar-refractivity contribution in [1.82, 2.24) is 19.3 Å². The Labute approximate surface area is 175 Å². The van der Waals surface area contributed by atoms with Gasteiger partial charge in [0.05, 0.1) is 12.4 Å².